The van der Waals surface area contributed by atoms with E-state index < -0.39 is 22.6 Å². The van der Waals surface area contributed by atoms with Gasteiger partial charge in [0.15, 0.2) is 6.61 Å². The number of carbonyl (C=O) groups excluding carboxylic acids is 2. The molecule has 0 unspecified atom stereocenters. The zero-order chi connectivity index (χ0) is 21.0. The number of carbonyl (C=O) groups is 2. The Morgan fingerprint density at radius 2 is 1.76 bits per heavy atom. The lowest BCUT2D eigenvalue weighted by atomic mass is 10.2. The highest BCUT2D eigenvalue weighted by Crippen LogP contribution is 2.26. The molecule has 0 saturated carbocycles. The van der Waals surface area contributed by atoms with Gasteiger partial charge < -0.3 is 9.64 Å². The third-order valence-electron chi connectivity index (χ3n) is 4.72. The van der Waals surface area contributed by atoms with Crippen LogP contribution in [0.15, 0.2) is 53.4 Å². The number of halogens is 1. The maximum absolute atomic E-state index is 12.9. The number of likely N-dealkylation sites (tertiary alicyclic amines) is 1. The van der Waals surface area contributed by atoms with Gasteiger partial charge in [-0.15, -0.1) is 0 Å². The molecule has 154 valence electrons. The van der Waals surface area contributed by atoms with E-state index in [-0.39, 0.29) is 21.4 Å². The third kappa shape index (κ3) is 4.71. The molecule has 1 fully saturated rings. The van der Waals surface area contributed by atoms with Crippen LogP contribution in [0.5, 0.6) is 0 Å². The summed E-state index contributed by atoms with van der Waals surface area (Å²) in [6, 6.07) is 12.4. The SMILES string of the molecule is CN(c1ccccc1)S(=O)(=O)c1ccc(Cl)c(C(=O)OCC(=O)N2CCCC2)c1. The van der Waals surface area contributed by atoms with Crippen LogP contribution >= 0.6 is 11.6 Å². The standard InChI is InChI=1S/C20H21ClN2O5S/c1-22(15-7-3-2-4-8-15)29(26,27)16-9-10-18(21)17(13-16)20(25)28-14-19(24)23-11-5-6-12-23/h2-4,7-10,13H,5-6,11-12,14H2,1H3. The van der Waals surface area contributed by atoms with Crippen molar-refractivity contribution in [3.05, 3.63) is 59.1 Å². The maximum Gasteiger partial charge on any atom is 0.340 e. The average molecular weight is 437 g/mol. The van der Waals surface area contributed by atoms with E-state index in [4.69, 9.17) is 16.3 Å². The van der Waals surface area contributed by atoms with Gasteiger partial charge in [-0.05, 0) is 43.2 Å². The van der Waals surface area contributed by atoms with E-state index in [0.29, 0.717) is 18.8 Å². The molecule has 0 atom stereocenters. The van der Waals surface area contributed by atoms with Gasteiger partial charge >= 0.3 is 5.97 Å². The molecule has 0 radical (unpaired) electrons. The highest BCUT2D eigenvalue weighted by Gasteiger charge is 2.25. The Balaban J connectivity index is 1.78. The van der Waals surface area contributed by atoms with Gasteiger partial charge in [-0.2, -0.15) is 0 Å². The van der Waals surface area contributed by atoms with Crippen molar-refractivity contribution in [3.63, 3.8) is 0 Å². The van der Waals surface area contributed by atoms with Crippen molar-refractivity contribution in [1.82, 2.24) is 4.90 Å². The molecular weight excluding hydrogens is 416 g/mol. The number of benzene rings is 2. The molecule has 0 aromatic heterocycles. The third-order valence-corrected chi connectivity index (χ3v) is 6.83. The monoisotopic (exact) mass is 436 g/mol. The van der Waals surface area contributed by atoms with E-state index in [2.05, 4.69) is 0 Å². The van der Waals surface area contributed by atoms with Gasteiger partial charge in [-0.3, -0.25) is 9.10 Å². The Labute approximate surface area is 174 Å². The predicted octanol–water partition coefficient (Wildman–Crippen LogP) is 2.94. The van der Waals surface area contributed by atoms with Crippen molar-refractivity contribution >= 4 is 39.2 Å². The summed E-state index contributed by atoms with van der Waals surface area (Å²) in [5.41, 5.74) is 0.367. The number of sulfonamides is 1. The van der Waals surface area contributed by atoms with Crippen LogP contribution in [0.3, 0.4) is 0 Å². The van der Waals surface area contributed by atoms with Gasteiger partial charge in [0.1, 0.15) is 0 Å². The summed E-state index contributed by atoms with van der Waals surface area (Å²) < 4.78 is 32.0. The van der Waals surface area contributed by atoms with E-state index >= 15 is 0 Å². The first kappa shape index (κ1) is 21.1. The average Bonchev–Trinajstić information content (AvgIpc) is 3.27. The van der Waals surface area contributed by atoms with Crippen LogP contribution in [0.25, 0.3) is 0 Å². The van der Waals surface area contributed by atoms with E-state index in [9.17, 15) is 18.0 Å². The largest absolute Gasteiger partial charge is 0.452 e. The fourth-order valence-electron chi connectivity index (χ4n) is 3.02. The Morgan fingerprint density at radius 1 is 1.10 bits per heavy atom. The molecule has 1 aliphatic rings. The van der Waals surface area contributed by atoms with Crippen molar-refractivity contribution in [1.29, 1.82) is 0 Å². The van der Waals surface area contributed by atoms with E-state index in [1.165, 1.54) is 25.2 Å². The molecule has 0 bridgehead atoms. The van der Waals surface area contributed by atoms with Gasteiger partial charge in [0.05, 0.1) is 21.2 Å². The minimum absolute atomic E-state index is 0.0462. The summed E-state index contributed by atoms with van der Waals surface area (Å²) in [6.45, 7) is 0.892. The second-order valence-electron chi connectivity index (χ2n) is 6.61. The Morgan fingerprint density at radius 3 is 2.41 bits per heavy atom. The van der Waals surface area contributed by atoms with Crippen molar-refractivity contribution < 1.29 is 22.7 Å². The van der Waals surface area contributed by atoms with Crippen molar-refractivity contribution in [2.24, 2.45) is 0 Å². The van der Waals surface area contributed by atoms with Gasteiger partial charge in [-0.1, -0.05) is 29.8 Å². The van der Waals surface area contributed by atoms with Gasteiger partial charge in [0.2, 0.25) is 0 Å². The molecule has 1 saturated heterocycles. The number of amides is 1. The topological polar surface area (TPSA) is 84.0 Å². The van der Waals surface area contributed by atoms with Gasteiger partial charge in [-0.25, -0.2) is 13.2 Å². The number of ether oxygens (including phenoxy) is 1. The van der Waals surface area contributed by atoms with Crippen molar-refractivity contribution in [2.45, 2.75) is 17.7 Å². The zero-order valence-corrected chi connectivity index (χ0v) is 17.4. The number of anilines is 1. The number of para-hydroxylation sites is 1. The lowest BCUT2D eigenvalue weighted by molar-refractivity contribution is -0.133. The Hall–Kier alpha value is -2.58. The summed E-state index contributed by atoms with van der Waals surface area (Å²) in [6.07, 6.45) is 1.86. The van der Waals surface area contributed by atoms with E-state index in [0.717, 1.165) is 17.1 Å². The molecule has 9 heteroatoms. The van der Waals surface area contributed by atoms with E-state index in [1.54, 1.807) is 35.2 Å². The second-order valence-corrected chi connectivity index (χ2v) is 8.99. The molecule has 1 heterocycles. The summed E-state index contributed by atoms with van der Waals surface area (Å²) >= 11 is 6.08. The fraction of sp³-hybridized carbons (Fsp3) is 0.300. The molecule has 29 heavy (non-hydrogen) atoms. The maximum atomic E-state index is 12.9. The fourth-order valence-corrected chi connectivity index (χ4v) is 4.44. The summed E-state index contributed by atoms with van der Waals surface area (Å²) in [5.74, 6) is -1.12. The molecule has 2 aromatic carbocycles. The first-order valence-electron chi connectivity index (χ1n) is 9.09. The molecule has 2 aromatic rings. The van der Waals surface area contributed by atoms with Gasteiger partial charge in [0.25, 0.3) is 15.9 Å². The lowest BCUT2D eigenvalue weighted by Crippen LogP contribution is -2.32. The number of esters is 1. The minimum atomic E-state index is -3.92. The minimum Gasteiger partial charge on any atom is -0.452 e. The van der Waals surface area contributed by atoms with E-state index in [1.807, 2.05) is 0 Å². The highest BCUT2D eigenvalue weighted by molar-refractivity contribution is 7.92. The van der Waals surface area contributed by atoms with Crippen LogP contribution < -0.4 is 4.31 Å². The predicted molar refractivity (Wildman–Crippen MR) is 110 cm³/mol. The Bertz CT molecular complexity index is 1000. The molecule has 0 N–H and O–H groups in total. The number of nitrogens with zero attached hydrogens (tertiary/aromatic N) is 2. The second kappa shape index (κ2) is 8.84. The number of rotatable bonds is 6. The van der Waals surface area contributed by atoms with Crippen LogP contribution in [0.2, 0.25) is 5.02 Å². The number of hydrogen-bond donors (Lipinski definition) is 0. The lowest BCUT2D eigenvalue weighted by Gasteiger charge is -2.20. The molecule has 1 aliphatic heterocycles. The molecule has 0 spiro atoms. The molecule has 3 rings (SSSR count). The quantitative estimate of drug-likeness (QED) is 0.650. The summed E-state index contributed by atoms with van der Waals surface area (Å²) in [7, 11) is -2.49. The molecule has 7 nitrogen and oxygen atoms in total. The van der Waals surface area contributed by atoms with Gasteiger partial charge in [0, 0.05) is 20.1 Å². The summed E-state index contributed by atoms with van der Waals surface area (Å²) in [4.78, 5) is 26.0. The van der Waals surface area contributed by atoms with Crippen molar-refractivity contribution in [3.8, 4) is 0 Å². The smallest absolute Gasteiger partial charge is 0.340 e. The van der Waals surface area contributed by atoms with Crippen molar-refractivity contribution in [2.75, 3.05) is 31.0 Å². The van der Waals surface area contributed by atoms with Crippen LogP contribution in [-0.4, -0.2) is 51.9 Å². The zero-order valence-electron chi connectivity index (χ0n) is 15.9. The van der Waals surface area contributed by atoms with Crippen LogP contribution in [0, 0.1) is 0 Å². The summed E-state index contributed by atoms with van der Waals surface area (Å²) in [5, 5.41) is 0.0462. The van der Waals surface area contributed by atoms with Crippen LogP contribution in [0.4, 0.5) is 5.69 Å². The molecule has 0 aliphatic carbocycles. The normalized spacial score (nSPS) is 13.9. The molecular formula is C20H21ClN2O5S. The van der Waals surface area contributed by atoms with Crippen LogP contribution in [-0.2, 0) is 19.6 Å². The number of hydrogen-bond acceptors (Lipinski definition) is 5. The van der Waals surface area contributed by atoms with Crippen LogP contribution in [0.1, 0.15) is 23.2 Å². The molecule has 1 amide bonds. The highest BCUT2D eigenvalue weighted by atomic mass is 35.5. The Kier molecular flexibility index (Phi) is 6.44. The first-order valence-corrected chi connectivity index (χ1v) is 10.9. The first-order chi connectivity index (χ1) is 13.8.